The molecule has 0 rings (SSSR count). The number of allylic oxidation sites excluding steroid dienone is 21. The number of rotatable bonds is 52. The lowest BCUT2D eigenvalue weighted by Gasteiger charge is -2.19. The summed E-state index contributed by atoms with van der Waals surface area (Å²) in [6.07, 6.45) is 93.3. The van der Waals surface area contributed by atoms with Gasteiger partial charge < -0.3 is 15.5 Å². The zero-order valence-corrected chi connectivity index (χ0v) is 45.7. The van der Waals surface area contributed by atoms with Crippen LogP contribution in [-0.4, -0.2) is 34.9 Å². The summed E-state index contributed by atoms with van der Waals surface area (Å²) in [6.45, 7) is 4.18. The van der Waals surface area contributed by atoms with Gasteiger partial charge in [0.25, 0.3) is 0 Å². The number of hydrogen-bond acceptors (Lipinski definition) is 3. The Morgan fingerprint density at radius 2 is 0.643 bits per heavy atom. The largest absolute Gasteiger partial charge is 0.394 e. The first-order chi connectivity index (χ1) is 34.7. The zero-order valence-electron chi connectivity index (χ0n) is 45.7. The molecule has 3 N–H and O–H groups in total. The SMILES string of the molecule is CC/C=C\C/C=C\C/C=C\C/C=C\C/C=C\C/C=C\C/C=C\C/C=C\CCCCCCCCCCCCCCC(=O)NC(CO)C(O)/C=C/CC/C=C/CC/C=C/CCCCCCCCCCCCC. The molecule has 0 aliphatic rings. The summed E-state index contributed by atoms with van der Waals surface area (Å²) in [5, 5.41) is 23.1. The molecule has 0 fully saturated rings. The van der Waals surface area contributed by atoms with Crippen LogP contribution in [-0.2, 0) is 4.79 Å². The molecule has 0 aromatic rings. The molecule has 2 atom stereocenters. The van der Waals surface area contributed by atoms with E-state index in [1.54, 1.807) is 6.08 Å². The molecule has 0 spiro atoms. The molecule has 0 bridgehead atoms. The Hall–Kier alpha value is -3.47. The van der Waals surface area contributed by atoms with Gasteiger partial charge in [-0.2, -0.15) is 0 Å². The maximum atomic E-state index is 12.5. The second-order valence-corrected chi connectivity index (χ2v) is 19.3. The van der Waals surface area contributed by atoms with Gasteiger partial charge in [-0.15, -0.1) is 0 Å². The number of aliphatic hydroxyl groups is 2. The Bertz CT molecular complexity index is 1420. The summed E-state index contributed by atoms with van der Waals surface area (Å²) in [7, 11) is 0. The Morgan fingerprint density at radius 3 is 1.00 bits per heavy atom. The number of hydrogen-bond donors (Lipinski definition) is 3. The van der Waals surface area contributed by atoms with Gasteiger partial charge in [0.1, 0.15) is 0 Å². The van der Waals surface area contributed by atoms with Crippen LogP contribution in [0.5, 0.6) is 0 Å². The summed E-state index contributed by atoms with van der Waals surface area (Å²) < 4.78 is 0. The van der Waals surface area contributed by atoms with Crippen molar-refractivity contribution in [2.45, 2.75) is 270 Å². The normalized spacial score (nSPS) is 13.8. The van der Waals surface area contributed by atoms with E-state index in [0.29, 0.717) is 6.42 Å². The van der Waals surface area contributed by atoms with E-state index in [0.717, 1.165) is 89.9 Å². The average Bonchev–Trinajstić information content (AvgIpc) is 3.36. The highest BCUT2D eigenvalue weighted by atomic mass is 16.3. The Labute approximate surface area is 434 Å². The molecule has 0 aromatic carbocycles. The first kappa shape index (κ1) is 66.5. The van der Waals surface area contributed by atoms with Crippen molar-refractivity contribution in [3.63, 3.8) is 0 Å². The zero-order chi connectivity index (χ0) is 50.6. The van der Waals surface area contributed by atoms with E-state index < -0.39 is 12.1 Å². The summed E-state index contributed by atoms with van der Waals surface area (Å²) in [5.74, 6) is -0.0844. The van der Waals surface area contributed by atoms with Gasteiger partial charge in [0.15, 0.2) is 0 Å². The molecule has 0 saturated carbocycles. The van der Waals surface area contributed by atoms with Crippen LogP contribution in [0.15, 0.2) is 134 Å². The van der Waals surface area contributed by atoms with Gasteiger partial charge >= 0.3 is 0 Å². The van der Waals surface area contributed by atoms with Crippen molar-refractivity contribution in [3.8, 4) is 0 Å². The van der Waals surface area contributed by atoms with Crippen LogP contribution in [0.4, 0.5) is 0 Å². The third-order valence-corrected chi connectivity index (χ3v) is 12.6. The second kappa shape index (κ2) is 59.8. The molecular weight excluding hydrogens is 855 g/mol. The highest BCUT2D eigenvalue weighted by Gasteiger charge is 2.18. The minimum absolute atomic E-state index is 0.0844. The van der Waals surface area contributed by atoms with Crippen LogP contribution in [0, 0.1) is 0 Å². The predicted octanol–water partition coefficient (Wildman–Crippen LogP) is 19.8. The molecule has 0 saturated heterocycles. The standard InChI is InChI=1S/C66H111NO3/c1-3-5-7-9-11-13-15-17-19-21-23-25-26-27-28-29-30-31-32-33-34-35-36-37-38-39-40-42-44-46-48-50-52-54-56-58-60-62-66(70)67-64(63-68)65(69)61-59-57-55-53-51-49-47-45-43-41-24-22-20-18-16-14-12-10-8-6-4-2/h5,7,11,13,17,19,23,25,27-28,30-31,33-34,36-37,43,45,51,53,59,61,64-65,68-69H,3-4,6,8-10,12,14-16,18,20-22,24,26,29,32,35,38-42,44,46-50,52,54-58,60,62-63H2,1-2H3,(H,67,70)/b7-5-,13-11-,19-17-,25-23-,28-27-,31-30-,34-33-,37-36-,45-43+,53-51+,61-59+. The predicted molar refractivity (Wildman–Crippen MR) is 312 cm³/mol. The molecule has 398 valence electrons. The van der Waals surface area contributed by atoms with Crippen LogP contribution >= 0.6 is 0 Å². The van der Waals surface area contributed by atoms with Crippen molar-refractivity contribution in [2.24, 2.45) is 0 Å². The molecular formula is C66H111NO3. The fourth-order valence-corrected chi connectivity index (χ4v) is 8.17. The van der Waals surface area contributed by atoms with Gasteiger partial charge in [0, 0.05) is 6.42 Å². The van der Waals surface area contributed by atoms with E-state index in [4.69, 9.17) is 0 Å². The average molecular weight is 967 g/mol. The number of amides is 1. The van der Waals surface area contributed by atoms with E-state index in [1.165, 1.54) is 148 Å². The fraction of sp³-hybridized carbons (Fsp3) is 0.652. The molecule has 1 amide bonds. The highest BCUT2D eigenvalue weighted by molar-refractivity contribution is 5.76. The smallest absolute Gasteiger partial charge is 0.220 e. The molecule has 70 heavy (non-hydrogen) atoms. The van der Waals surface area contributed by atoms with Crippen LogP contribution < -0.4 is 5.32 Å². The second-order valence-electron chi connectivity index (χ2n) is 19.3. The van der Waals surface area contributed by atoms with Crippen LogP contribution in [0.3, 0.4) is 0 Å². The van der Waals surface area contributed by atoms with E-state index in [9.17, 15) is 15.0 Å². The Morgan fingerprint density at radius 1 is 0.357 bits per heavy atom. The molecule has 0 aliphatic carbocycles. The summed E-state index contributed by atoms with van der Waals surface area (Å²) in [6, 6.07) is -0.656. The molecule has 2 unspecified atom stereocenters. The van der Waals surface area contributed by atoms with Crippen molar-refractivity contribution < 1.29 is 15.0 Å². The topological polar surface area (TPSA) is 69.6 Å². The van der Waals surface area contributed by atoms with Gasteiger partial charge in [0.2, 0.25) is 5.91 Å². The monoisotopic (exact) mass is 966 g/mol. The lowest BCUT2D eigenvalue weighted by molar-refractivity contribution is -0.123. The van der Waals surface area contributed by atoms with Gasteiger partial charge in [0.05, 0.1) is 18.8 Å². The van der Waals surface area contributed by atoms with Gasteiger partial charge in [-0.1, -0.05) is 276 Å². The van der Waals surface area contributed by atoms with Crippen LogP contribution in [0.1, 0.15) is 258 Å². The molecule has 0 radical (unpaired) electrons. The maximum absolute atomic E-state index is 12.5. The van der Waals surface area contributed by atoms with E-state index in [-0.39, 0.29) is 12.5 Å². The number of carbonyl (C=O) groups is 1. The third-order valence-electron chi connectivity index (χ3n) is 12.6. The summed E-state index contributed by atoms with van der Waals surface area (Å²) >= 11 is 0. The minimum atomic E-state index is -0.880. The fourth-order valence-electron chi connectivity index (χ4n) is 8.17. The van der Waals surface area contributed by atoms with Crippen molar-refractivity contribution in [1.29, 1.82) is 0 Å². The molecule has 4 heteroatoms. The summed E-state index contributed by atoms with van der Waals surface area (Å²) in [4.78, 5) is 12.5. The van der Waals surface area contributed by atoms with Gasteiger partial charge in [-0.05, 0) is 109 Å². The van der Waals surface area contributed by atoms with Crippen molar-refractivity contribution in [3.05, 3.63) is 134 Å². The number of unbranched alkanes of at least 4 members (excludes halogenated alkanes) is 25. The van der Waals surface area contributed by atoms with E-state index >= 15 is 0 Å². The quantitative estimate of drug-likeness (QED) is 0.0420. The maximum Gasteiger partial charge on any atom is 0.220 e. The lowest BCUT2D eigenvalue weighted by Crippen LogP contribution is -2.45. The number of carbonyl (C=O) groups excluding carboxylic acids is 1. The molecule has 0 aromatic heterocycles. The molecule has 0 aliphatic heterocycles. The first-order valence-electron chi connectivity index (χ1n) is 29.4. The Balaban J connectivity index is 3.62. The van der Waals surface area contributed by atoms with Gasteiger partial charge in [-0.3, -0.25) is 4.79 Å². The van der Waals surface area contributed by atoms with Crippen molar-refractivity contribution in [1.82, 2.24) is 5.32 Å². The third kappa shape index (κ3) is 55.5. The Kier molecular flexibility index (Phi) is 56.9. The van der Waals surface area contributed by atoms with Crippen LogP contribution in [0.25, 0.3) is 0 Å². The van der Waals surface area contributed by atoms with E-state index in [1.807, 2.05) is 6.08 Å². The minimum Gasteiger partial charge on any atom is -0.394 e. The number of aliphatic hydroxyl groups excluding tert-OH is 2. The highest BCUT2D eigenvalue weighted by Crippen LogP contribution is 2.15. The van der Waals surface area contributed by atoms with Crippen molar-refractivity contribution >= 4 is 5.91 Å². The van der Waals surface area contributed by atoms with Gasteiger partial charge in [-0.25, -0.2) is 0 Å². The first-order valence-corrected chi connectivity index (χ1v) is 29.4. The number of nitrogens with one attached hydrogen (secondary N) is 1. The molecule has 4 nitrogen and oxygen atoms in total. The van der Waals surface area contributed by atoms with Crippen LogP contribution in [0.2, 0.25) is 0 Å². The van der Waals surface area contributed by atoms with Crippen molar-refractivity contribution in [2.75, 3.05) is 6.61 Å². The van der Waals surface area contributed by atoms with E-state index in [2.05, 4.69) is 141 Å². The lowest BCUT2D eigenvalue weighted by atomic mass is 10.0. The summed E-state index contributed by atoms with van der Waals surface area (Å²) in [5.41, 5.74) is 0. The molecule has 0 heterocycles.